The van der Waals surface area contributed by atoms with E-state index in [0.717, 1.165) is 35.1 Å². The lowest BCUT2D eigenvalue weighted by molar-refractivity contribution is -0.147. The number of carboxylic acid groups (broad SMARTS) is 1. The van der Waals surface area contributed by atoms with Gasteiger partial charge in [0.2, 0.25) is 0 Å². The quantitative estimate of drug-likeness (QED) is 0.290. The van der Waals surface area contributed by atoms with E-state index in [4.69, 9.17) is 0 Å². The van der Waals surface area contributed by atoms with E-state index in [9.17, 15) is 24.6 Å². The van der Waals surface area contributed by atoms with Gasteiger partial charge in [0.15, 0.2) is 5.78 Å². The summed E-state index contributed by atoms with van der Waals surface area (Å²) >= 11 is 0. The molecule has 1 amide bonds. The molecule has 0 saturated heterocycles. The standard InChI is InChI=1S/C34H49NO5/c1-12-33(13-2,25-16-18-27(23(5)20-25)29(37)35(11)32(9,10)30(38)39)24-15-17-26(22(4)19-24)28(36)21-34(40,14-3)31(6,7)8/h15-20,40H,12-14,21H2,1-11H3,(H,38,39). The highest BCUT2D eigenvalue weighted by Gasteiger charge is 2.41. The number of carboxylic acids is 1. The Kier molecular flexibility index (Phi) is 9.85. The molecule has 6 heteroatoms. The summed E-state index contributed by atoms with van der Waals surface area (Å²) < 4.78 is 0. The van der Waals surface area contributed by atoms with Gasteiger partial charge in [-0.3, -0.25) is 9.59 Å². The van der Waals surface area contributed by atoms with Crippen molar-refractivity contribution < 1.29 is 24.6 Å². The summed E-state index contributed by atoms with van der Waals surface area (Å²) in [6.07, 6.45) is 2.19. The summed E-state index contributed by atoms with van der Waals surface area (Å²) in [6, 6.07) is 11.8. The van der Waals surface area contributed by atoms with Crippen LogP contribution in [0.4, 0.5) is 0 Å². The number of carbonyl (C=O) groups is 3. The van der Waals surface area contributed by atoms with Gasteiger partial charge >= 0.3 is 5.97 Å². The summed E-state index contributed by atoms with van der Waals surface area (Å²) in [5.74, 6) is -1.46. The summed E-state index contributed by atoms with van der Waals surface area (Å²) in [5.41, 5.74) is 1.74. The topological polar surface area (TPSA) is 94.9 Å². The number of amides is 1. The van der Waals surface area contributed by atoms with Crippen LogP contribution in [0.25, 0.3) is 0 Å². The maximum absolute atomic E-state index is 13.3. The van der Waals surface area contributed by atoms with Crippen LogP contribution in [-0.4, -0.2) is 51.0 Å². The molecule has 0 aliphatic rings. The zero-order valence-electron chi connectivity index (χ0n) is 26.4. The molecule has 0 aliphatic heterocycles. The molecule has 6 nitrogen and oxygen atoms in total. The SMILES string of the molecule is CCC(CC)(c1ccc(C(=O)CC(O)(CC)C(C)(C)C)c(C)c1)c1ccc(C(=O)N(C)C(C)(C)C(=O)O)c(C)c1. The maximum Gasteiger partial charge on any atom is 0.329 e. The number of likely N-dealkylation sites (N-methyl/N-ethyl adjacent to an activating group) is 1. The van der Waals surface area contributed by atoms with Crippen molar-refractivity contribution in [3.8, 4) is 0 Å². The van der Waals surface area contributed by atoms with Crippen LogP contribution in [-0.2, 0) is 10.2 Å². The first-order chi connectivity index (χ1) is 18.3. The summed E-state index contributed by atoms with van der Waals surface area (Å²) in [5, 5.41) is 20.8. The molecule has 1 atom stereocenters. The van der Waals surface area contributed by atoms with Crippen molar-refractivity contribution in [2.75, 3.05) is 7.05 Å². The summed E-state index contributed by atoms with van der Waals surface area (Å²) in [7, 11) is 1.51. The molecular weight excluding hydrogens is 502 g/mol. The number of rotatable bonds is 11. The van der Waals surface area contributed by atoms with Gasteiger partial charge in [-0.1, -0.05) is 71.9 Å². The van der Waals surface area contributed by atoms with Crippen molar-refractivity contribution in [2.24, 2.45) is 5.41 Å². The Morgan fingerprint density at radius 1 is 0.775 bits per heavy atom. The van der Waals surface area contributed by atoms with Gasteiger partial charge in [0, 0.05) is 30.0 Å². The van der Waals surface area contributed by atoms with Gasteiger partial charge in [-0.05, 0) is 80.7 Å². The first-order valence-electron chi connectivity index (χ1n) is 14.3. The smallest absolute Gasteiger partial charge is 0.329 e. The van der Waals surface area contributed by atoms with Crippen LogP contribution in [0.3, 0.4) is 0 Å². The van der Waals surface area contributed by atoms with Crippen molar-refractivity contribution in [3.05, 3.63) is 69.8 Å². The Balaban J connectivity index is 2.51. The van der Waals surface area contributed by atoms with Crippen molar-refractivity contribution >= 4 is 17.7 Å². The Morgan fingerprint density at radius 3 is 1.57 bits per heavy atom. The number of Topliss-reactive ketones (excluding diaryl/α,β-unsaturated/α-hetero) is 1. The molecule has 0 aromatic heterocycles. The van der Waals surface area contributed by atoms with E-state index in [0.29, 0.717) is 17.5 Å². The predicted molar refractivity (Wildman–Crippen MR) is 161 cm³/mol. The lowest BCUT2D eigenvalue weighted by Gasteiger charge is -2.39. The Bertz CT molecular complexity index is 1270. The Labute approximate surface area is 240 Å². The number of benzene rings is 2. The number of aliphatic carboxylic acids is 1. The second-order valence-corrected chi connectivity index (χ2v) is 12.8. The van der Waals surface area contributed by atoms with Gasteiger partial charge in [-0.25, -0.2) is 4.79 Å². The van der Waals surface area contributed by atoms with Crippen LogP contribution in [0.15, 0.2) is 36.4 Å². The minimum absolute atomic E-state index is 0.0611. The monoisotopic (exact) mass is 551 g/mol. The van der Waals surface area contributed by atoms with Crippen LogP contribution < -0.4 is 0 Å². The summed E-state index contributed by atoms with van der Waals surface area (Å²) in [6.45, 7) is 18.9. The zero-order chi connectivity index (χ0) is 30.8. The predicted octanol–water partition coefficient (Wildman–Crippen LogP) is 7.10. The van der Waals surface area contributed by atoms with E-state index in [1.165, 1.54) is 25.8 Å². The Hall–Kier alpha value is -2.99. The first-order valence-corrected chi connectivity index (χ1v) is 14.3. The average molecular weight is 552 g/mol. The van der Waals surface area contributed by atoms with E-state index in [1.807, 2.05) is 65.8 Å². The fourth-order valence-corrected chi connectivity index (χ4v) is 5.57. The molecule has 1 unspecified atom stereocenters. The number of nitrogens with zero attached hydrogens (tertiary/aromatic N) is 1. The minimum Gasteiger partial charge on any atom is -0.480 e. The molecule has 2 aromatic rings. The lowest BCUT2D eigenvalue weighted by atomic mass is 9.69. The average Bonchev–Trinajstić information content (AvgIpc) is 2.88. The molecule has 0 spiro atoms. The second kappa shape index (κ2) is 11.9. The zero-order valence-corrected chi connectivity index (χ0v) is 26.4. The molecule has 0 bridgehead atoms. The highest BCUT2D eigenvalue weighted by molar-refractivity contribution is 5.99. The molecule has 0 heterocycles. The normalized spacial score (nSPS) is 14.0. The lowest BCUT2D eigenvalue weighted by Crippen LogP contribution is -2.50. The van der Waals surface area contributed by atoms with Crippen LogP contribution in [0, 0.1) is 19.3 Å². The highest BCUT2D eigenvalue weighted by atomic mass is 16.4. The molecule has 40 heavy (non-hydrogen) atoms. The van der Waals surface area contributed by atoms with Gasteiger partial charge in [0.25, 0.3) is 5.91 Å². The largest absolute Gasteiger partial charge is 0.480 e. The van der Waals surface area contributed by atoms with Crippen LogP contribution in [0.5, 0.6) is 0 Å². The number of hydrogen-bond donors (Lipinski definition) is 2. The van der Waals surface area contributed by atoms with Crippen LogP contribution in [0.2, 0.25) is 0 Å². The number of ketones is 1. The van der Waals surface area contributed by atoms with Crippen LogP contribution >= 0.6 is 0 Å². The molecule has 0 saturated carbocycles. The number of carbonyl (C=O) groups excluding carboxylic acids is 2. The number of aryl methyl sites for hydroxylation is 2. The van der Waals surface area contributed by atoms with Crippen molar-refractivity contribution in [1.29, 1.82) is 0 Å². The molecule has 0 radical (unpaired) electrons. The fourth-order valence-electron chi connectivity index (χ4n) is 5.57. The highest BCUT2D eigenvalue weighted by Crippen LogP contribution is 2.41. The van der Waals surface area contributed by atoms with Gasteiger partial charge in [-0.15, -0.1) is 0 Å². The Morgan fingerprint density at radius 2 is 1.23 bits per heavy atom. The van der Waals surface area contributed by atoms with Gasteiger partial charge < -0.3 is 15.1 Å². The van der Waals surface area contributed by atoms with Crippen molar-refractivity contribution in [1.82, 2.24) is 4.90 Å². The molecule has 2 N–H and O–H groups in total. The maximum atomic E-state index is 13.3. The molecule has 0 aliphatic carbocycles. The van der Waals surface area contributed by atoms with E-state index in [2.05, 4.69) is 19.9 Å². The molecule has 220 valence electrons. The van der Waals surface area contributed by atoms with Gasteiger partial charge in [0.1, 0.15) is 5.54 Å². The third-order valence-electron chi connectivity index (χ3n) is 9.40. The minimum atomic E-state index is -1.34. The van der Waals surface area contributed by atoms with Crippen LogP contribution in [0.1, 0.15) is 124 Å². The number of aliphatic hydroxyl groups is 1. The van der Waals surface area contributed by atoms with E-state index >= 15 is 0 Å². The first kappa shape index (κ1) is 33.2. The van der Waals surface area contributed by atoms with Crippen molar-refractivity contribution in [2.45, 2.75) is 111 Å². The second-order valence-electron chi connectivity index (χ2n) is 12.8. The van der Waals surface area contributed by atoms with E-state index in [1.54, 1.807) is 6.07 Å². The van der Waals surface area contributed by atoms with Gasteiger partial charge in [-0.2, -0.15) is 0 Å². The summed E-state index contributed by atoms with van der Waals surface area (Å²) in [4.78, 5) is 39.5. The molecule has 2 aromatic carbocycles. The molecule has 2 rings (SSSR count). The molecule has 0 fully saturated rings. The number of hydrogen-bond acceptors (Lipinski definition) is 4. The fraction of sp³-hybridized carbons (Fsp3) is 0.559. The third-order valence-corrected chi connectivity index (χ3v) is 9.40. The van der Waals surface area contributed by atoms with Gasteiger partial charge in [0.05, 0.1) is 5.60 Å². The van der Waals surface area contributed by atoms with E-state index in [-0.39, 0.29) is 23.5 Å². The van der Waals surface area contributed by atoms with E-state index < -0.39 is 22.5 Å². The third kappa shape index (κ3) is 6.02. The molecular formula is C34H49NO5. The van der Waals surface area contributed by atoms with Crippen molar-refractivity contribution in [3.63, 3.8) is 0 Å².